The van der Waals surface area contributed by atoms with Crippen molar-refractivity contribution in [3.8, 4) is 29.0 Å². The Morgan fingerprint density at radius 3 is 1.62 bits per heavy atom. The lowest BCUT2D eigenvalue weighted by atomic mass is 9.98. The van der Waals surface area contributed by atoms with E-state index in [2.05, 4.69) is 143 Å². The fraction of sp³-hybridized carbons (Fsp3) is 0. The van der Waals surface area contributed by atoms with Gasteiger partial charge in [-0.15, -0.1) is 0 Å². The average molecular weight is 653 g/mol. The van der Waals surface area contributed by atoms with Gasteiger partial charge >= 0.3 is 0 Å². The lowest BCUT2D eigenvalue weighted by molar-refractivity contribution is 1.18. The van der Waals surface area contributed by atoms with Crippen LogP contribution >= 0.6 is 0 Å². The van der Waals surface area contributed by atoms with Crippen molar-refractivity contribution in [1.82, 2.24) is 4.57 Å². The predicted molar refractivity (Wildman–Crippen MR) is 206 cm³/mol. The Morgan fingerprint density at radius 2 is 1.06 bits per heavy atom. The van der Waals surface area contributed by atoms with Gasteiger partial charge in [0.2, 0.25) is 5.69 Å². The first-order chi connectivity index (χ1) is 24.7. The minimum atomic E-state index is -2.73. The summed E-state index contributed by atoms with van der Waals surface area (Å²) in [6, 6.07) is 63.1. The average Bonchev–Trinajstić information content (AvgIpc) is 3.53. The molecule has 232 valence electrons. The summed E-state index contributed by atoms with van der Waals surface area (Å²) in [5.41, 5.74) is 5.47. The molecule has 1 aromatic heterocycles. The molecule has 5 heteroatoms. The number of benzene rings is 7. The quantitative estimate of drug-likeness (QED) is 0.104. The van der Waals surface area contributed by atoms with Crippen LogP contribution in [0.2, 0.25) is 0 Å². The highest BCUT2D eigenvalue weighted by atomic mass is 28.3. The van der Waals surface area contributed by atoms with Crippen molar-refractivity contribution in [3.05, 3.63) is 192 Å². The molecular weight excluding hydrogens is 625 g/mol. The summed E-state index contributed by atoms with van der Waals surface area (Å²) in [5, 5.41) is 27.1. The zero-order chi connectivity index (χ0) is 34.1. The Kier molecular flexibility index (Phi) is 7.63. The molecule has 0 aliphatic rings. The number of fused-ring (bicyclic) bond motifs is 3. The highest BCUT2D eigenvalue weighted by molar-refractivity contribution is 7.19. The topological polar surface area (TPSA) is 56.9 Å². The van der Waals surface area contributed by atoms with E-state index >= 15 is 0 Å². The second-order valence-corrected chi connectivity index (χ2v) is 16.0. The van der Waals surface area contributed by atoms with Gasteiger partial charge in [0, 0.05) is 16.5 Å². The number of hydrogen-bond donors (Lipinski definition) is 0. The van der Waals surface area contributed by atoms with Crippen molar-refractivity contribution < 1.29 is 0 Å². The summed E-state index contributed by atoms with van der Waals surface area (Å²) in [6.45, 7) is 8.08. The summed E-state index contributed by atoms with van der Waals surface area (Å²) in [6.07, 6.45) is 0. The monoisotopic (exact) mass is 652 g/mol. The molecule has 50 heavy (non-hydrogen) atoms. The molecule has 1 heterocycles. The number of aromatic nitrogens is 1. The molecule has 0 saturated heterocycles. The Morgan fingerprint density at radius 1 is 0.520 bits per heavy atom. The Hall–Kier alpha value is -6.97. The van der Waals surface area contributed by atoms with Crippen LogP contribution in [0.5, 0.6) is 0 Å². The molecule has 4 nitrogen and oxygen atoms in total. The van der Waals surface area contributed by atoms with Gasteiger partial charge in [-0.05, 0) is 68.3 Å². The van der Waals surface area contributed by atoms with Gasteiger partial charge in [0.15, 0.2) is 8.07 Å². The molecule has 0 atom stereocenters. The van der Waals surface area contributed by atoms with Crippen LogP contribution in [0.3, 0.4) is 0 Å². The summed E-state index contributed by atoms with van der Waals surface area (Å²) >= 11 is 0. The SMILES string of the molecule is [C-]#[N+]c1cc(-n2c3ccccc3c3cc(C#N)ccc32)cc(-c2ccc([Si](c3ccccc3)(c3ccccc3)c3ccccc3)cc2)c1C#N. The molecule has 0 bridgehead atoms. The third kappa shape index (κ3) is 4.80. The van der Waals surface area contributed by atoms with E-state index in [1.54, 1.807) is 6.07 Å². The second kappa shape index (κ2) is 12.6. The zero-order valence-electron chi connectivity index (χ0n) is 27.0. The van der Waals surface area contributed by atoms with Gasteiger partial charge in [0.25, 0.3) is 0 Å². The highest BCUT2D eigenvalue weighted by Crippen LogP contribution is 2.38. The van der Waals surface area contributed by atoms with E-state index in [4.69, 9.17) is 6.57 Å². The van der Waals surface area contributed by atoms with Crippen LogP contribution < -0.4 is 20.7 Å². The van der Waals surface area contributed by atoms with Gasteiger partial charge in [-0.1, -0.05) is 133 Å². The van der Waals surface area contributed by atoms with Gasteiger partial charge in [0.05, 0.1) is 40.9 Å². The third-order valence-electron chi connectivity index (χ3n) is 9.64. The molecule has 0 spiro atoms. The molecule has 0 unspecified atom stereocenters. The van der Waals surface area contributed by atoms with Crippen LogP contribution in [0, 0.1) is 29.2 Å². The summed E-state index contributed by atoms with van der Waals surface area (Å²) < 4.78 is 2.12. The smallest absolute Gasteiger partial charge is 0.207 e. The zero-order valence-corrected chi connectivity index (χ0v) is 28.0. The lowest BCUT2D eigenvalue weighted by Crippen LogP contribution is -2.74. The number of hydrogen-bond acceptors (Lipinski definition) is 2. The number of nitriles is 2. The maximum atomic E-state index is 10.4. The standard InChI is InChI=1S/C45H28N4Si/c1-48-43-29-34(49-44-20-12-11-19-39(44)41-27-32(30-46)21-26-45(41)49)28-40(42(43)31-47)33-22-24-38(25-23-33)50(35-13-5-2-6-14-35,36-15-7-3-8-16-36)37-17-9-4-10-18-37/h2-29H. The van der Waals surface area contributed by atoms with Gasteiger partial charge in [0.1, 0.15) is 0 Å². The molecule has 0 N–H and O–H groups in total. The second-order valence-electron chi connectivity index (χ2n) is 12.2. The lowest BCUT2D eigenvalue weighted by Gasteiger charge is -2.34. The first-order valence-corrected chi connectivity index (χ1v) is 18.3. The fourth-order valence-electron chi connectivity index (χ4n) is 7.46. The van der Waals surface area contributed by atoms with E-state index in [-0.39, 0.29) is 0 Å². The maximum absolute atomic E-state index is 10.4. The minimum Gasteiger partial charge on any atom is -0.310 e. The largest absolute Gasteiger partial charge is 0.310 e. The van der Waals surface area contributed by atoms with Gasteiger partial charge < -0.3 is 4.57 Å². The van der Waals surface area contributed by atoms with E-state index in [9.17, 15) is 10.5 Å². The Bertz CT molecular complexity index is 2560. The summed E-state index contributed by atoms with van der Waals surface area (Å²) in [4.78, 5) is 3.84. The summed E-state index contributed by atoms with van der Waals surface area (Å²) in [5.74, 6) is 0. The molecule has 8 aromatic rings. The van der Waals surface area contributed by atoms with Crippen LogP contribution in [0.4, 0.5) is 5.69 Å². The van der Waals surface area contributed by atoms with Crippen LogP contribution in [0.25, 0.3) is 43.5 Å². The molecule has 0 saturated carbocycles. The fourth-order valence-corrected chi connectivity index (χ4v) is 12.2. The van der Waals surface area contributed by atoms with Crippen molar-refractivity contribution in [2.75, 3.05) is 0 Å². The number of para-hydroxylation sites is 1. The first-order valence-electron chi connectivity index (χ1n) is 16.3. The van der Waals surface area contributed by atoms with Crippen LogP contribution in [0.15, 0.2) is 170 Å². The van der Waals surface area contributed by atoms with E-state index in [0.717, 1.165) is 33.1 Å². The van der Waals surface area contributed by atoms with Crippen molar-refractivity contribution in [2.24, 2.45) is 0 Å². The highest BCUT2D eigenvalue weighted by Gasteiger charge is 2.41. The van der Waals surface area contributed by atoms with Crippen molar-refractivity contribution in [3.63, 3.8) is 0 Å². The maximum Gasteiger partial charge on any atom is 0.207 e. The van der Waals surface area contributed by atoms with E-state index in [1.165, 1.54) is 20.7 Å². The summed E-state index contributed by atoms with van der Waals surface area (Å²) in [7, 11) is -2.73. The minimum absolute atomic E-state index is 0.297. The van der Waals surface area contributed by atoms with Crippen LogP contribution in [0.1, 0.15) is 11.1 Å². The third-order valence-corrected chi connectivity index (χ3v) is 14.4. The molecule has 7 aromatic carbocycles. The molecule has 0 fully saturated rings. The van der Waals surface area contributed by atoms with Crippen molar-refractivity contribution in [2.45, 2.75) is 0 Å². The van der Waals surface area contributed by atoms with E-state index < -0.39 is 8.07 Å². The van der Waals surface area contributed by atoms with E-state index in [1.807, 2.05) is 42.5 Å². The number of rotatable bonds is 6. The van der Waals surface area contributed by atoms with Crippen molar-refractivity contribution in [1.29, 1.82) is 10.5 Å². The van der Waals surface area contributed by atoms with Crippen LogP contribution in [-0.4, -0.2) is 12.6 Å². The molecule has 0 aliphatic heterocycles. The van der Waals surface area contributed by atoms with Gasteiger partial charge in [-0.2, -0.15) is 10.5 Å². The van der Waals surface area contributed by atoms with Gasteiger partial charge in [-0.25, -0.2) is 4.85 Å². The molecule has 8 rings (SSSR count). The number of nitrogens with zero attached hydrogens (tertiary/aromatic N) is 4. The first kappa shape index (κ1) is 30.4. The molecule has 0 radical (unpaired) electrons. The normalized spacial score (nSPS) is 11.1. The predicted octanol–water partition coefficient (Wildman–Crippen LogP) is 8.12. The van der Waals surface area contributed by atoms with Crippen molar-refractivity contribution >= 4 is 56.3 Å². The molecule has 0 aliphatic carbocycles. The Balaban J connectivity index is 1.36. The molecular formula is C45H28N4Si. The van der Waals surface area contributed by atoms with E-state index in [0.29, 0.717) is 22.4 Å². The van der Waals surface area contributed by atoms with Crippen LogP contribution in [-0.2, 0) is 0 Å². The Labute approximate surface area is 291 Å². The van der Waals surface area contributed by atoms with Gasteiger partial charge in [-0.3, -0.25) is 0 Å². The molecule has 0 amide bonds.